The molecule has 0 saturated carbocycles. The van der Waals surface area contributed by atoms with Gasteiger partial charge in [0.1, 0.15) is 0 Å². The molecule has 0 aliphatic carbocycles. The molecule has 0 unspecified atom stereocenters. The Morgan fingerprint density at radius 2 is 1.93 bits per heavy atom. The van der Waals surface area contributed by atoms with Crippen LogP contribution in [0.15, 0.2) is 54.6 Å². The molecule has 0 aliphatic heterocycles. The summed E-state index contributed by atoms with van der Waals surface area (Å²) in [7, 11) is 1.30. The summed E-state index contributed by atoms with van der Waals surface area (Å²) >= 11 is 1.15. The lowest BCUT2D eigenvalue weighted by Crippen LogP contribution is -2.11. The normalized spacial score (nSPS) is 10.3. The summed E-state index contributed by atoms with van der Waals surface area (Å²) in [6.45, 7) is 0. The van der Waals surface area contributed by atoms with Crippen LogP contribution in [0, 0.1) is 10.1 Å². The Morgan fingerprint density at radius 1 is 1.18 bits per heavy atom. The van der Waals surface area contributed by atoms with Crippen molar-refractivity contribution < 1.29 is 19.2 Å². The highest BCUT2D eigenvalue weighted by Gasteiger charge is 2.19. The Balaban J connectivity index is 1.90. The maximum absolute atomic E-state index is 12.5. The third-order valence-electron chi connectivity index (χ3n) is 3.82. The molecule has 0 fully saturated rings. The van der Waals surface area contributed by atoms with Gasteiger partial charge in [0, 0.05) is 28.1 Å². The van der Waals surface area contributed by atoms with Gasteiger partial charge < -0.3 is 4.74 Å². The van der Waals surface area contributed by atoms with E-state index in [1.807, 2.05) is 30.3 Å². The van der Waals surface area contributed by atoms with Crippen molar-refractivity contribution >= 4 is 34.0 Å². The predicted octanol–water partition coefficient (Wildman–Crippen LogP) is 3.69. The first-order chi connectivity index (χ1) is 13.5. The van der Waals surface area contributed by atoms with E-state index in [2.05, 4.69) is 10.3 Å². The average Bonchev–Trinajstić information content (AvgIpc) is 3.10. The first-order valence-electron chi connectivity index (χ1n) is 8.15. The Morgan fingerprint density at radius 3 is 2.61 bits per heavy atom. The lowest BCUT2D eigenvalue weighted by molar-refractivity contribution is -0.384. The van der Waals surface area contributed by atoms with Crippen molar-refractivity contribution in [3.05, 3.63) is 75.2 Å². The van der Waals surface area contributed by atoms with Crippen LogP contribution in [0.5, 0.6) is 0 Å². The van der Waals surface area contributed by atoms with E-state index >= 15 is 0 Å². The minimum absolute atomic E-state index is 0.0189. The summed E-state index contributed by atoms with van der Waals surface area (Å²) in [6, 6.07) is 14.7. The van der Waals surface area contributed by atoms with Gasteiger partial charge in [-0.2, -0.15) is 0 Å². The van der Waals surface area contributed by atoms with E-state index in [-0.39, 0.29) is 22.8 Å². The Labute approximate surface area is 164 Å². The number of hydrogen-bond acceptors (Lipinski definition) is 7. The SMILES string of the molecule is COC(=O)Cc1sc(NC(=O)c2cccc([N+](=O)[O-])c2)nc1-c1ccccc1. The van der Waals surface area contributed by atoms with Crippen LogP contribution < -0.4 is 5.32 Å². The summed E-state index contributed by atoms with van der Waals surface area (Å²) in [5.41, 5.74) is 1.34. The maximum Gasteiger partial charge on any atom is 0.310 e. The number of anilines is 1. The fourth-order valence-electron chi connectivity index (χ4n) is 2.48. The third kappa shape index (κ3) is 4.38. The summed E-state index contributed by atoms with van der Waals surface area (Å²) in [4.78, 5) is 39.6. The van der Waals surface area contributed by atoms with Crippen LogP contribution >= 0.6 is 11.3 Å². The predicted molar refractivity (Wildman–Crippen MR) is 104 cm³/mol. The molecule has 0 saturated heterocycles. The van der Waals surface area contributed by atoms with Crippen molar-refractivity contribution in [1.29, 1.82) is 0 Å². The summed E-state index contributed by atoms with van der Waals surface area (Å²) in [6.07, 6.45) is 0.0189. The lowest BCUT2D eigenvalue weighted by atomic mass is 10.1. The van der Waals surface area contributed by atoms with Crippen molar-refractivity contribution in [1.82, 2.24) is 4.98 Å². The minimum atomic E-state index is -0.567. The molecule has 1 heterocycles. The molecule has 1 aromatic heterocycles. The van der Waals surface area contributed by atoms with Gasteiger partial charge in [-0.3, -0.25) is 25.0 Å². The molecule has 28 heavy (non-hydrogen) atoms. The fourth-order valence-corrected chi connectivity index (χ4v) is 3.44. The lowest BCUT2D eigenvalue weighted by Gasteiger charge is -2.01. The highest BCUT2D eigenvalue weighted by Crippen LogP contribution is 2.32. The second kappa shape index (κ2) is 8.40. The van der Waals surface area contributed by atoms with Crippen LogP contribution in [0.1, 0.15) is 15.2 Å². The first kappa shape index (κ1) is 19.2. The molecule has 0 radical (unpaired) electrons. The number of carbonyl (C=O) groups is 2. The zero-order chi connectivity index (χ0) is 20.1. The summed E-state index contributed by atoms with van der Waals surface area (Å²) in [5, 5.41) is 13.8. The average molecular weight is 397 g/mol. The monoisotopic (exact) mass is 397 g/mol. The third-order valence-corrected chi connectivity index (χ3v) is 4.79. The Hall–Kier alpha value is -3.59. The fraction of sp³-hybridized carbons (Fsp3) is 0.105. The second-order valence-corrected chi connectivity index (χ2v) is 6.75. The van der Waals surface area contributed by atoms with Crippen molar-refractivity contribution in [3.8, 4) is 11.3 Å². The number of nitro benzene ring substituents is 1. The molecule has 2 aromatic carbocycles. The van der Waals surface area contributed by atoms with Crippen LogP contribution in [0.25, 0.3) is 11.3 Å². The van der Waals surface area contributed by atoms with Crippen LogP contribution in [0.2, 0.25) is 0 Å². The number of esters is 1. The Kier molecular flexibility index (Phi) is 5.75. The second-order valence-electron chi connectivity index (χ2n) is 5.67. The van der Waals surface area contributed by atoms with Crippen molar-refractivity contribution in [3.63, 3.8) is 0 Å². The highest BCUT2D eigenvalue weighted by molar-refractivity contribution is 7.16. The standard InChI is InChI=1S/C19H15N3O5S/c1-27-16(23)11-15-17(12-6-3-2-4-7-12)20-19(28-15)21-18(24)13-8-5-9-14(10-13)22(25)26/h2-10H,11H2,1H3,(H,20,21,24). The molecule has 3 aromatic rings. The quantitative estimate of drug-likeness (QED) is 0.386. The van der Waals surface area contributed by atoms with Gasteiger partial charge in [-0.1, -0.05) is 36.4 Å². The van der Waals surface area contributed by atoms with Gasteiger partial charge in [-0.25, -0.2) is 4.98 Å². The van der Waals surface area contributed by atoms with Crippen LogP contribution in [0.3, 0.4) is 0 Å². The molecule has 142 valence electrons. The van der Waals surface area contributed by atoms with Gasteiger partial charge in [-0.15, -0.1) is 11.3 Å². The number of nitrogens with one attached hydrogen (secondary N) is 1. The molecule has 8 nitrogen and oxygen atoms in total. The molecule has 0 spiro atoms. The topological polar surface area (TPSA) is 111 Å². The number of hydrogen-bond donors (Lipinski definition) is 1. The minimum Gasteiger partial charge on any atom is -0.469 e. The van der Waals surface area contributed by atoms with E-state index in [0.29, 0.717) is 10.6 Å². The van der Waals surface area contributed by atoms with E-state index < -0.39 is 16.8 Å². The number of rotatable bonds is 6. The number of nitro groups is 1. The van der Waals surface area contributed by atoms with Gasteiger partial charge in [0.25, 0.3) is 11.6 Å². The number of aromatic nitrogens is 1. The molecular weight excluding hydrogens is 382 g/mol. The summed E-state index contributed by atoms with van der Waals surface area (Å²) in [5.74, 6) is -0.945. The van der Waals surface area contributed by atoms with Crippen molar-refractivity contribution in [2.75, 3.05) is 12.4 Å². The van der Waals surface area contributed by atoms with E-state index in [1.54, 1.807) is 0 Å². The van der Waals surface area contributed by atoms with E-state index in [4.69, 9.17) is 4.74 Å². The first-order valence-corrected chi connectivity index (χ1v) is 8.97. The maximum atomic E-state index is 12.5. The smallest absolute Gasteiger partial charge is 0.310 e. The van der Waals surface area contributed by atoms with Gasteiger partial charge in [0.2, 0.25) is 0 Å². The van der Waals surface area contributed by atoms with Crippen molar-refractivity contribution in [2.24, 2.45) is 0 Å². The zero-order valence-electron chi connectivity index (χ0n) is 14.7. The van der Waals surface area contributed by atoms with E-state index in [9.17, 15) is 19.7 Å². The summed E-state index contributed by atoms with van der Waals surface area (Å²) < 4.78 is 4.73. The molecule has 0 bridgehead atoms. The number of carbonyl (C=O) groups excluding carboxylic acids is 2. The number of amides is 1. The number of methoxy groups -OCH3 is 1. The zero-order valence-corrected chi connectivity index (χ0v) is 15.6. The number of benzene rings is 2. The van der Waals surface area contributed by atoms with Gasteiger partial charge in [-0.05, 0) is 6.07 Å². The molecule has 3 rings (SSSR count). The van der Waals surface area contributed by atoms with Gasteiger partial charge >= 0.3 is 5.97 Å². The van der Waals surface area contributed by atoms with Gasteiger partial charge in [0.15, 0.2) is 5.13 Å². The molecule has 1 amide bonds. The number of non-ortho nitro benzene ring substituents is 1. The van der Waals surface area contributed by atoms with Gasteiger partial charge in [0.05, 0.1) is 24.1 Å². The van der Waals surface area contributed by atoms with E-state index in [1.165, 1.54) is 31.4 Å². The Bertz CT molecular complexity index is 1030. The number of ether oxygens (including phenoxy) is 1. The molecule has 0 atom stereocenters. The molecular formula is C19H15N3O5S. The number of thiazole rings is 1. The highest BCUT2D eigenvalue weighted by atomic mass is 32.1. The number of nitrogens with zero attached hydrogens (tertiary/aromatic N) is 2. The van der Waals surface area contributed by atoms with Crippen LogP contribution in [0.4, 0.5) is 10.8 Å². The van der Waals surface area contributed by atoms with Crippen molar-refractivity contribution in [2.45, 2.75) is 6.42 Å². The van der Waals surface area contributed by atoms with E-state index in [0.717, 1.165) is 16.9 Å². The van der Waals surface area contributed by atoms with Crippen LogP contribution in [-0.2, 0) is 16.0 Å². The van der Waals surface area contributed by atoms with Crippen LogP contribution in [-0.4, -0.2) is 28.9 Å². The molecule has 1 N–H and O–H groups in total. The molecule has 9 heteroatoms. The largest absolute Gasteiger partial charge is 0.469 e. The molecule has 0 aliphatic rings.